The smallest absolute Gasteiger partial charge is 0.475 e. The maximum absolute atomic E-state index is 11.6. The van der Waals surface area contributed by atoms with Crippen molar-refractivity contribution >= 4 is 23.1 Å². The molecule has 1 aromatic carbocycles. The van der Waals surface area contributed by atoms with Gasteiger partial charge in [-0.2, -0.15) is 18.3 Å². The van der Waals surface area contributed by atoms with Gasteiger partial charge < -0.3 is 25.4 Å². The Hall–Kier alpha value is -3.87. The van der Waals surface area contributed by atoms with E-state index in [0.717, 1.165) is 48.5 Å². The van der Waals surface area contributed by atoms with Gasteiger partial charge in [0.15, 0.2) is 0 Å². The van der Waals surface area contributed by atoms with Gasteiger partial charge in [0.2, 0.25) is 11.8 Å². The molecule has 2 aliphatic heterocycles. The molecular weight excluding hydrogens is 505 g/mol. The van der Waals surface area contributed by atoms with Gasteiger partial charge >= 0.3 is 12.1 Å². The van der Waals surface area contributed by atoms with Crippen LogP contribution >= 0.6 is 0 Å². The molecular formula is C25H29F3N6O4. The molecule has 0 radical (unpaired) electrons. The van der Waals surface area contributed by atoms with Crippen LogP contribution in [0.1, 0.15) is 18.9 Å². The minimum atomic E-state index is -5.08. The van der Waals surface area contributed by atoms with E-state index < -0.39 is 12.1 Å². The molecule has 1 amide bonds. The summed E-state index contributed by atoms with van der Waals surface area (Å²) in [5.41, 5.74) is 4.93. The number of fused-ring (bicyclic) bond motifs is 1. The van der Waals surface area contributed by atoms with Crippen molar-refractivity contribution in [2.24, 2.45) is 5.92 Å². The number of hydrogen-bond donors (Lipinski definition) is 3. The average molecular weight is 535 g/mol. The molecule has 0 aliphatic carbocycles. The predicted octanol–water partition coefficient (Wildman–Crippen LogP) is 2.65. The van der Waals surface area contributed by atoms with Crippen molar-refractivity contribution in [3.63, 3.8) is 0 Å². The topological polar surface area (TPSA) is 121 Å². The number of carboxylic acids is 1. The van der Waals surface area contributed by atoms with Gasteiger partial charge in [0.1, 0.15) is 11.6 Å². The Bertz CT molecular complexity index is 1290. The lowest BCUT2D eigenvalue weighted by Crippen LogP contribution is -2.43. The fraction of sp³-hybridized carbons (Fsp3) is 0.440. The van der Waals surface area contributed by atoms with Gasteiger partial charge in [-0.3, -0.25) is 4.79 Å². The first-order valence-corrected chi connectivity index (χ1v) is 12.2. The Morgan fingerprint density at radius 1 is 1.21 bits per heavy atom. The van der Waals surface area contributed by atoms with Crippen LogP contribution in [0, 0.1) is 12.8 Å². The zero-order chi connectivity index (χ0) is 27.4. The van der Waals surface area contributed by atoms with Crippen molar-refractivity contribution in [2.75, 3.05) is 37.6 Å². The van der Waals surface area contributed by atoms with E-state index >= 15 is 0 Å². The van der Waals surface area contributed by atoms with E-state index in [1.807, 2.05) is 30.8 Å². The first-order valence-electron chi connectivity index (χ1n) is 12.2. The largest absolute Gasteiger partial charge is 0.490 e. The van der Waals surface area contributed by atoms with E-state index in [4.69, 9.17) is 19.6 Å². The Labute approximate surface area is 216 Å². The predicted molar refractivity (Wildman–Crippen MR) is 133 cm³/mol. The van der Waals surface area contributed by atoms with Crippen LogP contribution < -0.4 is 20.3 Å². The molecule has 2 aromatic heterocycles. The van der Waals surface area contributed by atoms with Crippen LogP contribution in [0.2, 0.25) is 0 Å². The van der Waals surface area contributed by atoms with E-state index in [1.165, 1.54) is 5.69 Å². The quantitative estimate of drug-likeness (QED) is 0.457. The summed E-state index contributed by atoms with van der Waals surface area (Å²) < 4.78 is 39.9. The van der Waals surface area contributed by atoms with Gasteiger partial charge in [-0.05, 0) is 26.0 Å². The van der Waals surface area contributed by atoms with E-state index in [1.54, 1.807) is 0 Å². The summed E-state index contributed by atoms with van der Waals surface area (Å²) in [4.78, 5) is 27.8. The molecule has 3 aromatic rings. The van der Waals surface area contributed by atoms with Gasteiger partial charge in [0.25, 0.3) is 0 Å². The maximum atomic E-state index is 11.6. The van der Waals surface area contributed by atoms with E-state index in [2.05, 4.69) is 44.9 Å². The highest BCUT2D eigenvalue weighted by molar-refractivity contribution is 5.78. The number of carboxylic acid groups (broad SMARTS) is 1. The zero-order valence-electron chi connectivity index (χ0n) is 21.0. The standard InChI is InChI=1S/C23H28N6O2.C2HF3O2/c1-15-12-26-29-14-20(17-3-5-19(6-4-17)28-9-7-24-8-10-28)27-23(22(15)29)31-16(2)18-11-21(30)25-13-18;3-2(4,5)1(6)7/h3-6,12,14,16,18,24H,7-11,13H2,1-2H3,(H,25,30);(H,6,7)/t16-,18?;/m1./s1. The molecule has 204 valence electrons. The number of nitrogens with zero attached hydrogens (tertiary/aromatic N) is 4. The summed E-state index contributed by atoms with van der Waals surface area (Å²) >= 11 is 0. The number of amides is 1. The third-order valence-corrected chi connectivity index (χ3v) is 6.51. The fourth-order valence-electron chi connectivity index (χ4n) is 4.34. The average Bonchev–Trinajstić information content (AvgIpc) is 3.50. The van der Waals surface area contributed by atoms with Crippen molar-refractivity contribution in [1.29, 1.82) is 0 Å². The number of aryl methyl sites for hydroxylation is 1. The molecule has 2 saturated heterocycles. The molecule has 3 N–H and O–H groups in total. The Balaban J connectivity index is 0.000000426. The number of aliphatic carboxylic acids is 1. The second-order valence-corrected chi connectivity index (χ2v) is 9.23. The summed E-state index contributed by atoms with van der Waals surface area (Å²) in [6.45, 7) is 8.71. The summed E-state index contributed by atoms with van der Waals surface area (Å²) in [5, 5.41) is 17.9. The number of aromatic nitrogens is 3. The Morgan fingerprint density at radius 2 is 1.87 bits per heavy atom. The first-order chi connectivity index (χ1) is 18.0. The SMILES string of the molecule is Cc1cnn2cc(-c3ccc(N4CCNCC4)cc3)nc(O[C@H](C)C3CNC(=O)C3)c12.O=C(O)C(F)(F)F. The van der Waals surface area contributed by atoms with Crippen molar-refractivity contribution in [3.05, 3.63) is 42.2 Å². The molecule has 2 aliphatic rings. The van der Waals surface area contributed by atoms with Crippen LogP contribution in [0.25, 0.3) is 16.8 Å². The molecule has 4 heterocycles. The lowest BCUT2D eigenvalue weighted by Gasteiger charge is -2.29. The summed E-state index contributed by atoms with van der Waals surface area (Å²) in [5.74, 6) is -1.98. The second-order valence-electron chi connectivity index (χ2n) is 9.23. The number of hydrogen-bond acceptors (Lipinski definition) is 7. The summed E-state index contributed by atoms with van der Waals surface area (Å²) in [7, 11) is 0. The molecule has 0 saturated carbocycles. The number of piperazine rings is 1. The number of rotatable bonds is 5. The maximum Gasteiger partial charge on any atom is 0.490 e. The van der Waals surface area contributed by atoms with Crippen LogP contribution in [0.15, 0.2) is 36.7 Å². The number of ether oxygens (including phenoxy) is 1. The Kier molecular flexibility index (Phi) is 8.05. The molecule has 38 heavy (non-hydrogen) atoms. The summed E-state index contributed by atoms with van der Waals surface area (Å²) in [6, 6.07) is 8.52. The number of carbonyl (C=O) groups excluding carboxylic acids is 1. The summed E-state index contributed by atoms with van der Waals surface area (Å²) in [6.07, 6.45) is -0.953. The van der Waals surface area contributed by atoms with Gasteiger partial charge in [0, 0.05) is 61.9 Å². The van der Waals surface area contributed by atoms with Crippen LogP contribution in [-0.4, -0.2) is 76.6 Å². The highest BCUT2D eigenvalue weighted by Gasteiger charge is 2.38. The van der Waals surface area contributed by atoms with E-state index in [9.17, 15) is 18.0 Å². The molecule has 2 fully saturated rings. The van der Waals surface area contributed by atoms with Crippen LogP contribution in [0.4, 0.5) is 18.9 Å². The van der Waals surface area contributed by atoms with E-state index in [0.29, 0.717) is 18.8 Å². The van der Waals surface area contributed by atoms with Crippen LogP contribution in [0.3, 0.4) is 0 Å². The number of halogens is 3. The number of benzene rings is 1. The molecule has 5 rings (SSSR count). The van der Waals surface area contributed by atoms with Gasteiger partial charge in [-0.15, -0.1) is 0 Å². The minimum Gasteiger partial charge on any atom is -0.475 e. The van der Waals surface area contributed by atoms with Gasteiger partial charge in [-0.25, -0.2) is 14.3 Å². The molecule has 0 spiro atoms. The lowest BCUT2D eigenvalue weighted by molar-refractivity contribution is -0.192. The third-order valence-electron chi connectivity index (χ3n) is 6.51. The highest BCUT2D eigenvalue weighted by Crippen LogP contribution is 2.30. The monoisotopic (exact) mass is 534 g/mol. The number of carbonyl (C=O) groups is 2. The normalized spacial score (nSPS) is 18.5. The van der Waals surface area contributed by atoms with Crippen LogP contribution in [0.5, 0.6) is 5.88 Å². The van der Waals surface area contributed by atoms with Crippen molar-refractivity contribution in [3.8, 4) is 17.1 Å². The minimum absolute atomic E-state index is 0.0809. The van der Waals surface area contributed by atoms with Crippen LogP contribution in [-0.2, 0) is 9.59 Å². The molecule has 1 unspecified atom stereocenters. The van der Waals surface area contributed by atoms with Crippen molar-refractivity contribution < 1.29 is 32.6 Å². The van der Waals surface area contributed by atoms with Crippen molar-refractivity contribution in [1.82, 2.24) is 25.2 Å². The second kappa shape index (κ2) is 11.3. The van der Waals surface area contributed by atoms with Gasteiger partial charge in [0.05, 0.1) is 18.1 Å². The number of alkyl halides is 3. The molecule has 13 heteroatoms. The highest BCUT2D eigenvalue weighted by atomic mass is 19.4. The zero-order valence-corrected chi connectivity index (χ0v) is 21.0. The molecule has 10 nitrogen and oxygen atoms in total. The lowest BCUT2D eigenvalue weighted by atomic mass is 10.0. The number of anilines is 1. The van der Waals surface area contributed by atoms with E-state index in [-0.39, 0.29) is 17.9 Å². The first kappa shape index (κ1) is 27.2. The molecule has 2 atom stereocenters. The van der Waals surface area contributed by atoms with Crippen molar-refractivity contribution in [2.45, 2.75) is 32.5 Å². The molecule has 0 bridgehead atoms. The number of nitrogens with one attached hydrogen (secondary N) is 2. The fourth-order valence-corrected chi connectivity index (χ4v) is 4.34. The van der Waals surface area contributed by atoms with Gasteiger partial charge in [-0.1, -0.05) is 12.1 Å². The third kappa shape index (κ3) is 6.33. The Morgan fingerprint density at radius 3 is 2.45 bits per heavy atom.